The molecule has 2 nitrogen and oxygen atoms in total. The average molecular weight is 665 g/mol. The molecule has 2 radical (unpaired) electrons. The number of rotatable bonds is 1. The first-order chi connectivity index (χ1) is 10.8. The Morgan fingerprint density at radius 1 is 0.625 bits per heavy atom. The van der Waals surface area contributed by atoms with Crippen LogP contribution in [0.5, 0.6) is 11.5 Å². The van der Waals surface area contributed by atoms with E-state index in [1.807, 2.05) is 12.1 Å². The van der Waals surface area contributed by atoms with Crippen LogP contribution in [-0.2, 0) is 66.5 Å². The molecular weight excluding hydrogens is 645 g/mol. The SMILES string of the molecule is Oc1[c-]cc2c(c1-c1c(O)[c-]cc3c1CCCC3)CCCC2.[Re].[Re]. The molecule has 2 aromatic carbocycles. The zero-order valence-corrected chi connectivity index (χ0v) is 18.9. The van der Waals surface area contributed by atoms with Crippen molar-refractivity contribution in [3.63, 3.8) is 0 Å². The van der Waals surface area contributed by atoms with Crippen molar-refractivity contribution in [2.24, 2.45) is 0 Å². The Labute approximate surface area is 171 Å². The van der Waals surface area contributed by atoms with Crippen LogP contribution in [0.1, 0.15) is 47.9 Å². The molecular formula is C20H20O2Re2-2. The molecule has 0 aliphatic heterocycles. The summed E-state index contributed by atoms with van der Waals surface area (Å²) >= 11 is 0. The van der Waals surface area contributed by atoms with Gasteiger partial charge in [0.25, 0.3) is 0 Å². The average Bonchev–Trinajstić information content (AvgIpc) is 2.56. The van der Waals surface area contributed by atoms with Gasteiger partial charge in [0.15, 0.2) is 0 Å². The third-order valence-electron chi connectivity index (χ3n) is 5.11. The van der Waals surface area contributed by atoms with Gasteiger partial charge in [-0.15, -0.1) is 23.3 Å². The Balaban J connectivity index is 0.00000104. The van der Waals surface area contributed by atoms with Crippen LogP contribution in [-0.4, -0.2) is 10.2 Å². The van der Waals surface area contributed by atoms with Crippen molar-refractivity contribution in [3.05, 3.63) is 46.5 Å². The maximum Gasteiger partial charge on any atom is 0 e. The van der Waals surface area contributed by atoms with Crippen LogP contribution in [0.15, 0.2) is 12.1 Å². The molecule has 2 aromatic rings. The summed E-state index contributed by atoms with van der Waals surface area (Å²) in [5.41, 5.74) is 6.56. The van der Waals surface area contributed by atoms with Gasteiger partial charge in [-0.2, -0.15) is 34.4 Å². The molecule has 24 heavy (non-hydrogen) atoms. The van der Waals surface area contributed by atoms with Gasteiger partial charge in [0.05, 0.1) is 0 Å². The van der Waals surface area contributed by atoms with Crippen molar-refractivity contribution < 1.29 is 51.1 Å². The van der Waals surface area contributed by atoms with E-state index in [2.05, 4.69) is 12.1 Å². The van der Waals surface area contributed by atoms with Gasteiger partial charge >= 0.3 is 0 Å². The fraction of sp³-hybridized carbons (Fsp3) is 0.400. The molecule has 4 rings (SSSR count). The molecule has 0 heterocycles. The van der Waals surface area contributed by atoms with Crippen molar-refractivity contribution in [1.29, 1.82) is 0 Å². The quantitative estimate of drug-likeness (QED) is 0.451. The van der Waals surface area contributed by atoms with Crippen LogP contribution in [0, 0.1) is 12.1 Å². The Hall–Kier alpha value is -0.635. The minimum absolute atomic E-state index is 0. The summed E-state index contributed by atoms with van der Waals surface area (Å²) in [6.07, 6.45) is 8.68. The van der Waals surface area contributed by atoms with E-state index in [0.29, 0.717) is 0 Å². The molecule has 0 spiro atoms. The Morgan fingerprint density at radius 2 is 1.00 bits per heavy atom. The van der Waals surface area contributed by atoms with E-state index in [0.717, 1.165) is 49.7 Å². The molecule has 0 atom stereocenters. The van der Waals surface area contributed by atoms with E-state index in [1.54, 1.807) is 0 Å². The second-order valence-electron chi connectivity index (χ2n) is 6.45. The number of aromatic hydroxyl groups is 2. The summed E-state index contributed by atoms with van der Waals surface area (Å²) in [6.45, 7) is 0. The number of phenolic OH excluding ortho intramolecular Hbond substituents is 2. The maximum absolute atomic E-state index is 10.5. The zero-order valence-electron chi connectivity index (χ0n) is 13.5. The van der Waals surface area contributed by atoms with E-state index in [4.69, 9.17) is 0 Å². The van der Waals surface area contributed by atoms with E-state index in [-0.39, 0.29) is 52.3 Å². The Bertz CT molecular complexity index is 677. The number of phenols is 2. The number of hydrogen-bond acceptors (Lipinski definition) is 2. The molecule has 0 aromatic heterocycles. The molecule has 2 aliphatic rings. The molecule has 0 amide bonds. The normalized spacial score (nSPS) is 15.5. The van der Waals surface area contributed by atoms with Crippen LogP contribution in [0.2, 0.25) is 0 Å². The molecule has 2 N–H and O–H groups in total. The fourth-order valence-corrected chi connectivity index (χ4v) is 4.03. The minimum Gasteiger partial charge on any atom is -0.534 e. The molecule has 2 aliphatic carbocycles. The second kappa shape index (κ2) is 8.16. The van der Waals surface area contributed by atoms with E-state index in [9.17, 15) is 10.2 Å². The van der Waals surface area contributed by atoms with Crippen LogP contribution < -0.4 is 0 Å². The zero-order chi connectivity index (χ0) is 15.1. The summed E-state index contributed by atoms with van der Waals surface area (Å²) < 4.78 is 0. The molecule has 0 saturated heterocycles. The summed E-state index contributed by atoms with van der Waals surface area (Å²) in [5, 5.41) is 20.9. The first-order valence-corrected chi connectivity index (χ1v) is 8.27. The van der Waals surface area contributed by atoms with Crippen molar-refractivity contribution >= 4 is 0 Å². The largest absolute Gasteiger partial charge is 0.534 e. The summed E-state index contributed by atoms with van der Waals surface area (Å²) in [4.78, 5) is 0. The number of hydrogen-bond donors (Lipinski definition) is 2. The van der Waals surface area contributed by atoms with Crippen LogP contribution in [0.3, 0.4) is 0 Å². The van der Waals surface area contributed by atoms with Crippen LogP contribution in [0.4, 0.5) is 0 Å². The van der Waals surface area contributed by atoms with Crippen LogP contribution in [0.25, 0.3) is 11.1 Å². The van der Waals surface area contributed by atoms with Gasteiger partial charge < -0.3 is 10.2 Å². The smallest absolute Gasteiger partial charge is 0 e. The molecule has 4 heteroatoms. The minimum atomic E-state index is 0. The number of benzene rings is 2. The van der Waals surface area contributed by atoms with Crippen molar-refractivity contribution in [3.8, 4) is 22.6 Å². The van der Waals surface area contributed by atoms with Gasteiger partial charge in [-0.1, -0.05) is 51.4 Å². The molecule has 0 unspecified atom stereocenters. The summed E-state index contributed by atoms with van der Waals surface area (Å²) in [6, 6.07) is 9.82. The summed E-state index contributed by atoms with van der Waals surface area (Å²) in [5.74, 6) is 0.339. The third-order valence-corrected chi connectivity index (χ3v) is 5.11. The number of aryl methyl sites for hydroxylation is 2. The predicted molar refractivity (Wildman–Crippen MR) is 86.2 cm³/mol. The predicted octanol–water partition coefficient (Wildman–Crippen LogP) is 4.12. The van der Waals surface area contributed by atoms with Gasteiger partial charge in [0.1, 0.15) is 0 Å². The van der Waals surface area contributed by atoms with Crippen molar-refractivity contribution in [2.45, 2.75) is 51.4 Å². The van der Waals surface area contributed by atoms with Gasteiger partial charge in [-0.05, 0) is 11.5 Å². The molecule has 0 fully saturated rings. The Morgan fingerprint density at radius 3 is 1.42 bits per heavy atom. The first kappa shape index (κ1) is 19.7. The third kappa shape index (κ3) is 3.36. The monoisotopic (exact) mass is 666 g/mol. The van der Waals surface area contributed by atoms with Crippen molar-refractivity contribution in [2.75, 3.05) is 0 Å². The second-order valence-corrected chi connectivity index (χ2v) is 6.45. The van der Waals surface area contributed by atoms with Crippen molar-refractivity contribution in [1.82, 2.24) is 0 Å². The van der Waals surface area contributed by atoms with E-state index < -0.39 is 0 Å². The van der Waals surface area contributed by atoms with Crippen LogP contribution >= 0.6 is 0 Å². The standard InChI is InChI=1S/C20H20O2.2Re/c21-17-11-9-13-5-1-3-7-15(13)19(17)20-16-8-4-2-6-14(16)10-12-18(20)22;;/h9-10,21-22H,1-8H2;;/q-2;;. The van der Waals surface area contributed by atoms with E-state index >= 15 is 0 Å². The summed E-state index contributed by atoms with van der Waals surface area (Å²) in [7, 11) is 0. The first-order valence-electron chi connectivity index (χ1n) is 8.27. The van der Waals surface area contributed by atoms with Gasteiger partial charge in [-0.25, -0.2) is 0 Å². The van der Waals surface area contributed by atoms with Gasteiger partial charge in [0, 0.05) is 40.8 Å². The van der Waals surface area contributed by atoms with Gasteiger partial charge in [0.2, 0.25) is 0 Å². The van der Waals surface area contributed by atoms with E-state index in [1.165, 1.54) is 35.1 Å². The molecule has 0 saturated carbocycles. The maximum atomic E-state index is 10.5. The molecule has 0 bridgehead atoms. The number of fused-ring (bicyclic) bond motifs is 2. The fourth-order valence-electron chi connectivity index (χ4n) is 4.03. The topological polar surface area (TPSA) is 40.5 Å². The Kier molecular flexibility index (Phi) is 6.70. The van der Waals surface area contributed by atoms with Gasteiger partial charge in [-0.3, -0.25) is 0 Å². The molecule has 128 valence electrons.